The van der Waals surface area contributed by atoms with Gasteiger partial charge in [0.1, 0.15) is 0 Å². The van der Waals surface area contributed by atoms with Gasteiger partial charge in [0.2, 0.25) is 0 Å². The number of halogens is 1. The van der Waals surface area contributed by atoms with Gasteiger partial charge in [-0.3, -0.25) is 4.79 Å². The number of aryl methyl sites for hydroxylation is 1. The maximum Gasteiger partial charge on any atom is 0.279 e. The van der Waals surface area contributed by atoms with Crippen molar-refractivity contribution in [3.05, 3.63) is 57.3 Å². The van der Waals surface area contributed by atoms with E-state index in [4.69, 9.17) is 0 Å². The summed E-state index contributed by atoms with van der Waals surface area (Å²) in [6.07, 6.45) is 1.11. The molecule has 124 valence electrons. The van der Waals surface area contributed by atoms with Gasteiger partial charge in [-0.05, 0) is 46.3 Å². The zero-order chi connectivity index (χ0) is 17.5. The summed E-state index contributed by atoms with van der Waals surface area (Å²) in [7, 11) is -1.53. The molecule has 0 aliphatic heterocycles. The second-order valence-electron chi connectivity index (χ2n) is 5.25. The smallest absolute Gasteiger partial charge is 0.279 e. The SMILES string of the molecule is Cn1c(=NC(=O)c2cccc(S(C)(=O)=O)c2)sc2cccc(Br)c21. The Morgan fingerprint density at radius 2 is 1.92 bits per heavy atom. The third-order valence-corrected chi connectivity index (χ3v) is 6.33. The minimum atomic E-state index is -3.37. The highest BCUT2D eigenvalue weighted by Gasteiger charge is 2.12. The first-order valence-electron chi connectivity index (χ1n) is 6.90. The van der Waals surface area contributed by atoms with Crippen LogP contribution in [0.1, 0.15) is 10.4 Å². The largest absolute Gasteiger partial charge is 0.318 e. The van der Waals surface area contributed by atoms with Crippen LogP contribution in [0.15, 0.2) is 56.8 Å². The minimum absolute atomic E-state index is 0.104. The van der Waals surface area contributed by atoms with Crippen LogP contribution in [0.3, 0.4) is 0 Å². The van der Waals surface area contributed by atoms with Gasteiger partial charge in [0, 0.05) is 23.3 Å². The molecule has 1 aromatic heterocycles. The number of sulfone groups is 1. The van der Waals surface area contributed by atoms with Crippen LogP contribution in [0.25, 0.3) is 10.2 Å². The molecule has 0 spiro atoms. The lowest BCUT2D eigenvalue weighted by atomic mass is 10.2. The number of rotatable bonds is 2. The van der Waals surface area contributed by atoms with Gasteiger partial charge in [-0.25, -0.2) is 8.42 Å². The van der Waals surface area contributed by atoms with Crippen LogP contribution in [0.2, 0.25) is 0 Å². The number of carbonyl (C=O) groups excluding carboxylic acids is 1. The Balaban J connectivity index is 2.11. The van der Waals surface area contributed by atoms with E-state index in [1.807, 2.05) is 29.8 Å². The third kappa shape index (κ3) is 3.22. The van der Waals surface area contributed by atoms with E-state index in [1.165, 1.54) is 23.5 Å². The van der Waals surface area contributed by atoms with Gasteiger partial charge in [0.25, 0.3) is 5.91 Å². The zero-order valence-corrected chi connectivity index (χ0v) is 16.1. The van der Waals surface area contributed by atoms with Crippen molar-refractivity contribution in [1.82, 2.24) is 4.57 Å². The number of benzene rings is 2. The van der Waals surface area contributed by atoms with Crippen molar-refractivity contribution < 1.29 is 13.2 Å². The molecule has 0 bridgehead atoms. The van der Waals surface area contributed by atoms with Gasteiger partial charge in [-0.1, -0.05) is 23.5 Å². The number of amides is 1. The molecule has 0 unspecified atom stereocenters. The van der Waals surface area contributed by atoms with Crippen molar-refractivity contribution in [3.8, 4) is 0 Å². The lowest BCUT2D eigenvalue weighted by Crippen LogP contribution is -2.13. The Morgan fingerprint density at radius 1 is 1.21 bits per heavy atom. The molecule has 2 aromatic carbocycles. The molecule has 1 heterocycles. The summed E-state index contributed by atoms with van der Waals surface area (Å²) < 4.78 is 27.0. The molecule has 0 N–H and O–H groups in total. The number of para-hydroxylation sites is 1. The third-order valence-electron chi connectivity index (χ3n) is 3.48. The van der Waals surface area contributed by atoms with Crippen molar-refractivity contribution in [2.75, 3.05) is 6.26 Å². The van der Waals surface area contributed by atoms with Crippen LogP contribution in [0.5, 0.6) is 0 Å². The number of nitrogens with zero attached hydrogens (tertiary/aromatic N) is 2. The maximum absolute atomic E-state index is 12.4. The van der Waals surface area contributed by atoms with Crippen LogP contribution in [0.4, 0.5) is 0 Å². The summed E-state index contributed by atoms with van der Waals surface area (Å²) in [5.74, 6) is -0.473. The highest BCUT2D eigenvalue weighted by Crippen LogP contribution is 2.25. The molecule has 0 saturated heterocycles. The molecule has 1 amide bonds. The first-order chi connectivity index (χ1) is 11.3. The molecule has 0 radical (unpaired) electrons. The predicted molar refractivity (Wildman–Crippen MR) is 97.9 cm³/mol. The summed E-state index contributed by atoms with van der Waals surface area (Å²) in [4.78, 5) is 17.2. The Kier molecular flexibility index (Phi) is 4.46. The topological polar surface area (TPSA) is 68.5 Å². The van der Waals surface area contributed by atoms with Crippen LogP contribution in [0, 0.1) is 0 Å². The standard InChI is InChI=1S/C16H13BrN2O3S2/c1-19-14-12(17)7-4-8-13(14)23-16(19)18-15(20)10-5-3-6-11(9-10)24(2,21)22/h3-9H,1-2H3. The van der Waals surface area contributed by atoms with E-state index in [9.17, 15) is 13.2 Å². The molecule has 0 atom stereocenters. The Hall–Kier alpha value is -1.77. The first-order valence-corrected chi connectivity index (χ1v) is 10.4. The summed E-state index contributed by atoms with van der Waals surface area (Å²) in [6, 6.07) is 11.7. The summed E-state index contributed by atoms with van der Waals surface area (Å²) in [5, 5.41) is 0. The second kappa shape index (κ2) is 6.27. The van der Waals surface area contributed by atoms with Crippen LogP contribution < -0.4 is 4.80 Å². The van der Waals surface area contributed by atoms with E-state index in [-0.39, 0.29) is 10.5 Å². The minimum Gasteiger partial charge on any atom is -0.318 e. The normalized spacial score (nSPS) is 12.7. The number of fused-ring (bicyclic) bond motifs is 1. The number of aromatic nitrogens is 1. The van der Waals surface area contributed by atoms with Gasteiger partial charge < -0.3 is 4.57 Å². The summed E-state index contributed by atoms with van der Waals surface area (Å²) >= 11 is 4.89. The molecule has 0 aliphatic carbocycles. The molecule has 0 fully saturated rings. The van der Waals surface area contributed by atoms with Gasteiger partial charge in [-0.15, -0.1) is 0 Å². The Labute approximate surface area is 151 Å². The molecule has 3 rings (SSSR count). The molecule has 5 nitrogen and oxygen atoms in total. The van der Waals surface area contributed by atoms with Gasteiger partial charge in [-0.2, -0.15) is 4.99 Å². The maximum atomic E-state index is 12.4. The summed E-state index contributed by atoms with van der Waals surface area (Å²) in [5.41, 5.74) is 1.20. The van der Waals surface area contributed by atoms with E-state index < -0.39 is 15.7 Å². The van der Waals surface area contributed by atoms with E-state index in [0.29, 0.717) is 4.80 Å². The molecule has 8 heteroatoms. The molecular formula is C16H13BrN2O3S2. The highest BCUT2D eigenvalue weighted by atomic mass is 79.9. The van der Waals surface area contributed by atoms with Gasteiger partial charge in [0.15, 0.2) is 14.6 Å². The van der Waals surface area contributed by atoms with Gasteiger partial charge >= 0.3 is 0 Å². The van der Waals surface area contributed by atoms with E-state index in [0.717, 1.165) is 20.9 Å². The number of carbonyl (C=O) groups is 1. The van der Waals surface area contributed by atoms with Crippen LogP contribution in [-0.4, -0.2) is 25.1 Å². The van der Waals surface area contributed by atoms with Crippen LogP contribution in [-0.2, 0) is 16.9 Å². The Bertz CT molecular complexity index is 1130. The zero-order valence-electron chi connectivity index (χ0n) is 12.9. The molecule has 3 aromatic rings. The first kappa shape index (κ1) is 17.1. The van der Waals surface area contributed by atoms with Gasteiger partial charge in [0.05, 0.1) is 15.1 Å². The summed E-state index contributed by atoms with van der Waals surface area (Å²) in [6.45, 7) is 0. The van der Waals surface area contributed by atoms with E-state index in [2.05, 4.69) is 20.9 Å². The van der Waals surface area contributed by atoms with Crippen LogP contribution >= 0.6 is 27.3 Å². The van der Waals surface area contributed by atoms with Crippen molar-refractivity contribution in [2.24, 2.45) is 12.0 Å². The fourth-order valence-electron chi connectivity index (χ4n) is 2.27. The average Bonchev–Trinajstić information content (AvgIpc) is 2.84. The molecule has 0 aliphatic rings. The highest BCUT2D eigenvalue weighted by molar-refractivity contribution is 9.10. The lowest BCUT2D eigenvalue weighted by molar-refractivity contribution is 0.0997. The fourth-order valence-corrected chi connectivity index (χ4v) is 4.75. The van der Waals surface area contributed by atoms with Crippen molar-refractivity contribution in [3.63, 3.8) is 0 Å². The van der Waals surface area contributed by atoms with E-state index >= 15 is 0 Å². The lowest BCUT2D eigenvalue weighted by Gasteiger charge is -2.00. The number of hydrogen-bond acceptors (Lipinski definition) is 4. The Morgan fingerprint density at radius 3 is 2.58 bits per heavy atom. The van der Waals surface area contributed by atoms with Crippen molar-refractivity contribution in [2.45, 2.75) is 4.90 Å². The quantitative estimate of drug-likeness (QED) is 0.634. The predicted octanol–water partition coefficient (Wildman–Crippen LogP) is 3.15. The number of thiazole rings is 1. The molecule has 24 heavy (non-hydrogen) atoms. The fraction of sp³-hybridized carbons (Fsp3) is 0.125. The second-order valence-corrected chi connectivity index (χ2v) is 9.13. The van der Waals surface area contributed by atoms with E-state index in [1.54, 1.807) is 12.1 Å². The molecular weight excluding hydrogens is 412 g/mol. The molecule has 0 saturated carbocycles. The monoisotopic (exact) mass is 424 g/mol. The van der Waals surface area contributed by atoms with Crippen molar-refractivity contribution >= 4 is 53.2 Å². The average molecular weight is 425 g/mol. The number of hydrogen-bond donors (Lipinski definition) is 0. The van der Waals surface area contributed by atoms with Crippen molar-refractivity contribution in [1.29, 1.82) is 0 Å².